The number of carbonyl (C=O) groups excluding carboxylic acids is 5. The number of nitrogens with one attached hydrogen (secondary N) is 2. The standard InChI is InChI=1S/C21H31F3N2O9S/c1-6-7-8-15(26-20(31)21(22,23)24)36-19-16(25-10(2)27)18(34-13(5)30)17(33-12(4)29)14(35-19)9-32-11(3)28/h14-19H,6-9H2,1-5H3,(H,25,27)(H,26,31)/t14?,15?,16?,17-,18?,19-/m0/s1. The van der Waals surface area contributed by atoms with Crippen molar-refractivity contribution < 1.29 is 56.1 Å². The van der Waals surface area contributed by atoms with Gasteiger partial charge in [0.05, 0.1) is 5.37 Å². The van der Waals surface area contributed by atoms with Crippen LogP contribution in [0.4, 0.5) is 13.2 Å². The molecule has 1 aliphatic rings. The van der Waals surface area contributed by atoms with Crippen molar-refractivity contribution in [3.05, 3.63) is 0 Å². The van der Waals surface area contributed by atoms with Crippen LogP contribution < -0.4 is 10.6 Å². The van der Waals surface area contributed by atoms with Gasteiger partial charge in [0, 0.05) is 27.7 Å². The van der Waals surface area contributed by atoms with E-state index in [0.717, 1.165) is 39.5 Å². The topological polar surface area (TPSA) is 146 Å². The number of rotatable bonds is 11. The fourth-order valence-electron chi connectivity index (χ4n) is 3.36. The molecule has 1 aliphatic heterocycles. The molecule has 1 fully saturated rings. The van der Waals surface area contributed by atoms with Crippen LogP contribution in [-0.2, 0) is 42.9 Å². The van der Waals surface area contributed by atoms with Crippen LogP contribution in [0.25, 0.3) is 0 Å². The second kappa shape index (κ2) is 14.3. The number of carbonyl (C=O) groups is 5. The number of ether oxygens (including phenoxy) is 4. The zero-order valence-corrected chi connectivity index (χ0v) is 21.3. The number of thioether (sulfide) groups is 1. The van der Waals surface area contributed by atoms with E-state index in [9.17, 15) is 37.1 Å². The van der Waals surface area contributed by atoms with Crippen molar-refractivity contribution in [2.45, 2.75) is 95.2 Å². The van der Waals surface area contributed by atoms with E-state index in [-0.39, 0.29) is 6.42 Å². The largest absolute Gasteiger partial charge is 0.471 e. The zero-order valence-electron chi connectivity index (χ0n) is 20.5. The third-order valence-electron chi connectivity index (χ3n) is 4.74. The molecular weight excluding hydrogens is 513 g/mol. The molecule has 1 rings (SSSR count). The number of halogens is 3. The summed E-state index contributed by atoms with van der Waals surface area (Å²) < 4.78 is 60.3. The zero-order chi connectivity index (χ0) is 27.6. The van der Waals surface area contributed by atoms with E-state index < -0.39 is 77.7 Å². The summed E-state index contributed by atoms with van der Waals surface area (Å²) in [5, 5.41) is 3.32. The van der Waals surface area contributed by atoms with Gasteiger partial charge >= 0.3 is 30.0 Å². The summed E-state index contributed by atoms with van der Waals surface area (Å²) in [7, 11) is 0. The molecule has 206 valence electrons. The minimum Gasteiger partial charge on any atom is -0.463 e. The smallest absolute Gasteiger partial charge is 0.463 e. The quantitative estimate of drug-likeness (QED) is 0.223. The third kappa shape index (κ3) is 10.6. The van der Waals surface area contributed by atoms with Crippen LogP contribution in [0.3, 0.4) is 0 Å². The number of alkyl halides is 3. The molecule has 2 amide bonds. The van der Waals surface area contributed by atoms with E-state index in [1.807, 2.05) is 5.32 Å². The predicted molar refractivity (Wildman–Crippen MR) is 119 cm³/mol. The lowest BCUT2D eigenvalue weighted by Gasteiger charge is -2.45. The Morgan fingerprint density at radius 2 is 1.56 bits per heavy atom. The average Bonchev–Trinajstić information content (AvgIpc) is 2.72. The maximum Gasteiger partial charge on any atom is 0.471 e. The maximum atomic E-state index is 12.9. The van der Waals surface area contributed by atoms with Gasteiger partial charge in [-0.2, -0.15) is 13.2 Å². The normalized spacial score (nSPS) is 24.7. The molecule has 0 radical (unpaired) electrons. The van der Waals surface area contributed by atoms with E-state index in [4.69, 9.17) is 18.9 Å². The Morgan fingerprint density at radius 3 is 2.03 bits per heavy atom. The number of amides is 2. The maximum absolute atomic E-state index is 12.9. The second-order valence-corrected chi connectivity index (χ2v) is 9.26. The van der Waals surface area contributed by atoms with Gasteiger partial charge in [0.15, 0.2) is 12.2 Å². The van der Waals surface area contributed by atoms with Gasteiger partial charge in [0.1, 0.15) is 24.2 Å². The van der Waals surface area contributed by atoms with Crippen LogP contribution >= 0.6 is 11.8 Å². The van der Waals surface area contributed by atoms with E-state index in [1.54, 1.807) is 6.92 Å². The lowest BCUT2D eigenvalue weighted by molar-refractivity contribution is -0.211. The van der Waals surface area contributed by atoms with E-state index >= 15 is 0 Å². The molecule has 15 heteroatoms. The molecule has 2 N–H and O–H groups in total. The van der Waals surface area contributed by atoms with Crippen molar-refractivity contribution >= 4 is 41.5 Å². The van der Waals surface area contributed by atoms with Gasteiger partial charge in [0.25, 0.3) is 0 Å². The molecule has 36 heavy (non-hydrogen) atoms. The van der Waals surface area contributed by atoms with Crippen molar-refractivity contribution in [3.63, 3.8) is 0 Å². The summed E-state index contributed by atoms with van der Waals surface area (Å²) in [5.74, 6) is -5.06. The fraction of sp³-hybridized carbons (Fsp3) is 0.762. The summed E-state index contributed by atoms with van der Waals surface area (Å²) in [6.07, 6.45) is -7.85. The highest BCUT2D eigenvalue weighted by Crippen LogP contribution is 2.35. The van der Waals surface area contributed by atoms with Crippen LogP contribution in [-0.4, -0.2) is 77.7 Å². The molecule has 0 bridgehead atoms. The number of esters is 3. The first-order valence-corrected chi connectivity index (χ1v) is 12.0. The number of unbranched alkanes of at least 4 members (excludes halogenated alkanes) is 1. The summed E-state index contributed by atoms with van der Waals surface area (Å²) >= 11 is 0.749. The lowest BCUT2D eigenvalue weighted by Crippen LogP contribution is -2.65. The molecular formula is C21H31F3N2O9S. The molecule has 0 aromatic rings. The van der Waals surface area contributed by atoms with Gasteiger partial charge in [-0.15, -0.1) is 11.8 Å². The molecule has 4 unspecified atom stereocenters. The van der Waals surface area contributed by atoms with Crippen molar-refractivity contribution in [1.29, 1.82) is 0 Å². The third-order valence-corrected chi connectivity index (χ3v) is 6.09. The van der Waals surface area contributed by atoms with E-state index in [0.29, 0.717) is 12.8 Å². The van der Waals surface area contributed by atoms with Crippen LogP contribution in [0.2, 0.25) is 0 Å². The van der Waals surface area contributed by atoms with Gasteiger partial charge in [-0.25, -0.2) is 0 Å². The van der Waals surface area contributed by atoms with E-state index in [2.05, 4.69) is 5.32 Å². The van der Waals surface area contributed by atoms with Crippen LogP contribution in [0.15, 0.2) is 0 Å². The molecule has 0 aromatic carbocycles. The Hall–Kier alpha value is -2.55. The van der Waals surface area contributed by atoms with Crippen molar-refractivity contribution in [3.8, 4) is 0 Å². The van der Waals surface area contributed by atoms with Gasteiger partial charge in [-0.3, -0.25) is 24.0 Å². The highest BCUT2D eigenvalue weighted by molar-refractivity contribution is 8.00. The summed E-state index contributed by atoms with van der Waals surface area (Å²) in [4.78, 5) is 58.6. The van der Waals surface area contributed by atoms with Crippen molar-refractivity contribution in [1.82, 2.24) is 10.6 Å². The molecule has 1 saturated heterocycles. The molecule has 6 atom stereocenters. The Bertz CT molecular complexity index is 812. The highest BCUT2D eigenvalue weighted by atomic mass is 32.2. The van der Waals surface area contributed by atoms with Crippen LogP contribution in [0, 0.1) is 0 Å². The Balaban J connectivity index is 3.42. The van der Waals surface area contributed by atoms with Crippen molar-refractivity contribution in [2.75, 3.05) is 6.61 Å². The molecule has 1 heterocycles. The Labute approximate surface area is 210 Å². The van der Waals surface area contributed by atoms with Crippen LogP contribution in [0.1, 0.15) is 53.9 Å². The second-order valence-electron chi connectivity index (χ2n) is 7.96. The molecule has 0 spiro atoms. The number of hydrogen-bond acceptors (Lipinski definition) is 10. The predicted octanol–water partition coefficient (Wildman–Crippen LogP) is 1.57. The number of hydrogen-bond donors (Lipinski definition) is 2. The molecule has 0 saturated carbocycles. The fourth-order valence-corrected chi connectivity index (χ4v) is 4.76. The lowest BCUT2D eigenvalue weighted by atomic mass is 9.97. The first kappa shape index (κ1) is 31.5. The van der Waals surface area contributed by atoms with E-state index in [1.165, 1.54) is 0 Å². The first-order chi connectivity index (χ1) is 16.6. The first-order valence-electron chi connectivity index (χ1n) is 11.1. The highest BCUT2D eigenvalue weighted by Gasteiger charge is 2.51. The average molecular weight is 545 g/mol. The minimum absolute atomic E-state index is 0.121. The summed E-state index contributed by atoms with van der Waals surface area (Å²) in [5.41, 5.74) is -1.21. The minimum atomic E-state index is -5.13. The Kier molecular flexibility index (Phi) is 12.5. The summed E-state index contributed by atoms with van der Waals surface area (Å²) in [6, 6.07) is -1.21. The van der Waals surface area contributed by atoms with Gasteiger partial charge < -0.3 is 29.6 Å². The van der Waals surface area contributed by atoms with Gasteiger partial charge in [-0.05, 0) is 6.42 Å². The Morgan fingerprint density at radius 1 is 0.972 bits per heavy atom. The van der Waals surface area contributed by atoms with Crippen LogP contribution in [0.5, 0.6) is 0 Å². The van der Waals surface area contributed by atoms with Gasteiger partial charge in [0.2, 0.25) is 5.91 Å². The SMILES string of the molecule is CCCCC(NC(=O)C(F)(F)F)S[C@@H]1OC(COC(C)=O)[C@H](OC(C)=O)C(OC(C)=O)C1NC(C)=O. The monoisotopic (exact) mass is 544 g/mol. The summed E-state index contributed by atoms with van der Waals surface area (Å²) in [6.45, 7) is 5.77. The molecule has 0 aliphatic carbocycles. The molecule has 0 aromatic heterocycles. The molecule has 11 nitrogen and oxygen atoms in total. The van der Waals surface area contributed by atoms with Gasteiger partial charge in [-0.1, -0.05) is 19.8 Å². The van der Waals surface area contributed by atoms with Crippen molar-refractivity contribution in [2.24, 2.45) is 0 Å².